The van der Waals surface area contributed by atoms with Crippen LogP contribution in [0.4, 0.5) is 0 Å². The van der Waals surface area contributed by atoms with Crippen LogP contribution in [0.1, 0.15) is 86.0 Å². The molecule has 0 aromatic heterocycles. The quantitative estimate of drug-likeness (QED) is 0.652. The first-order chi connectivity index (χ1) is 9.24. The first-order valence-corrected chi connectivity index (χ1v) is 8.77. The minimum atomic E-state index is 0.330. The fourth-order valence-corrected chi connectivity index (χ4v) is 5.06. The molecule has 4 atom stereocenters. The molecule has 1 unspecified atom stereocenters. The third-order valence-corrected chi connectivity index (χ3v) is 6.21. The lowest BCUT2D eigenvalue weighted by molar-refractivity contribution is -0.130. The Kier molecular flexibility index (Phi) is 4.66. The number of carbonyl (C=O) groups is 1. The highest BCUT2D eigenvalue weighted by molar-refractivity contribution is 5.83. The van der Waals surface area contributed by atoms with Gasteiger partial charge in [-0.25, -0.2) is 0 Å². The standard InChI is InChI=1S/C19H34O/c1-14(8-6-12-18(2,3)4)15-10-11-16-17(20)9-7-13-19(15,16)5/h14-16H,6-13H2,1-5H3/t14-,15?,16-,19+/m0/s1. The van der Waals surface area contributed by atoms with Crippen molar-refractivity contribution < 1.29 is 4.79 Å². The predicted octanol–water partition coefficient (Wildman–Crippen LogP) is 5.62. The second-order valence-electron chi connectivity index (χ2n) is 8.99. The van der Waals surface area contributed by atoms with Crippen molar-refractivity contribution in [1.82, 2.24) is 0 Å². The number of hydrogen-bond acceptors (Lipinski definition) is 1. The summed E-state index contributed by atoms with van der Waals surface area (Å²) in [5.41, 5.74) is 0.791. The zero-order chi connectivity index (χ0) is 15.0. The van der Waals surface area contributed by atoms with Gasteiger partial charge in [-0.1, -0.05) is 47.5 Å². The molecule has 116 valence electrons. The van der Waals surface area contributed by atoms with Crippen LogP contribution in [0, 0.1) is 28.6 Å². The molecule has 0 aliphatic heterocycles. The van der Waals surface area contributed by atoms with Crippen LogP contribution in [0.5, 0.6) is 0 Å². The van der Waals surface area contributed by atoms with Gasteiger partial charge in [-0.3, -0.25) is 4.79 Å². The van der Waals surface area contributed by atoms with Gasteiger partial charge >= 0.3 is 0 Å². The molecule has 0 spiro atoms. The van der Waals surface area contributed by atoms with Gasteiger partial charge in [-0.05, 0) is 54.8 Å². The van der Waals surface area contributed by atoms with Gasteiger partial charge in [0, 0.05) is 12.3 Å². The minimum Gasteiger partial charge on any atom is -0.299 e. The van der Waals surface area contributed by atoms with E-state index in [1.807, 2.05) is 0 Å². The van der Waals surface area contributed by atoms with Crippen molar-refractivity contribution in [3.8, 4) is 0 Å². The average Bonchev–Trinajstić information content (AvgIpc) is 2.66. The summed E-state index contributed by atoms with van der Waals surface area (Å²) in [5, 5.41) is 0. The Morgan fingerprint density at radius 1 is 1.30 bits per heavy atom. The summed E-state index contributed by atoms with van der Waals surface area (Å²) in [4.78, 5) is 12.2. The summed E-state index contributed by atoms with van der Waals surface area (Å²) >= 11 is 0. The third kappa shape index (κ3) is 3.28. The van der Waals surface area contributed by atoms with E-state index in [0.717, 1.165) is 24.7 Å². The van der Waals surface area contributed by atoms with Crippen molar-refractivity contribution in [2.75, 3.05) is 0 Å². The van der Waals surface area contributed by atoms with E-state index in [1.54, 1.807) is 0 Å². The zero-order valence-electron chi connectivity index (χ0n) is 14.3. The van der Waals surface area contributed by atoms with Crippen molar-refractivity contribution in [2.45, 2.75) is 86.0 Å². The van der Waals surface area contributed by atoms with E-state index in [-0.39, 0.29) is 0 Å². The van der Waals surface area contributed by atoms with Crippen LogP contribution in [0.2, 0.25) is 0 Å². The zero-order valence-corrected chi connectivity index (χ0v) is 14.3. The number of Topliss-reactive ketones (excluding diaryl/α,β-unsaturated/α-hetero) is 1. The maximum Gasteiger partial charge on any atom is 0.136 e. The largest absolute Gasteiger partial charge is 0.299 e. The fraction of sp³-hybridized carbons (Fsp3) is 0.947. The molecule has 2 rings (SSSR count). The highest BCUT2D eigenvalue weighted by Gasteiger charge is 2.52. The van der Waals surface area contributed by atoms with Crippen LogP contribution < -0.4 is 0 Å². The molecule has 1 nitrogen and oxygen atoms in total. The molecule has 0 heterocycles. The highest BCUT2D eigenvalue weighted by atomic mass is 16.1. The Labute approximate surface area is 125 Å². The monoisotopic (exact) mass is 278 g/mol. The van der Waals surface area contributed by atoms with Crippen LogP contribution >= 0.6 is 0 Å². The SMILES string of the molecule is C[C@@H](CCCC(C)(C)C)C1CC[C@H]2C(=O)CCC[C@]12C. The summed E-state index contributed by atoms with van der Waals surface area (Å²) in [7, 11) is 0. The Balaban J connectivity index is 1.93. The summed E-state index contributed by atoms with van der Waals surface area (Å²) < 4.78 is 0. The topological polar surface area (TPSA) is 17.1 Å². The maximum atomic E-state index is 12.2. The smallest absolute Gasteiger partial charge is 0.136 e. The van der Waals surface area contributed by atoms with E-state index in [9.17, 15) is 4.79 Å². The second kappa shape index (κ2) is 5.81. The first kappa shape index (κ1) is 16.0. The van der Waals surface area contributed by atoms with Crippen LogP contribution in [-0.2, 0) is 4.79 Å². The molecule has 20 heavy (non-hydrogen) atoms. The Hall–Kier alpha value is -0.330. The van der Waals surface area contributed by atoms with Gasteiger partial charge in [0.05, 0.1) is 0 Å². The molecule has 0 bridgehead atoms. The van der Waals surface area contributed by atoms with Crippen LogP contribution in [0.3, 0.4) is 0 Å². The van der Waals surface area contributed by atoms with Crippen molar-refractivity contribution in [3.05, 3.63) is 0 Å². The van der Waals surface area contributed by atoms with E-state index in [4.69, 9.17) is 0 Å². The number of ketones is 1. The number of hydrogen-bond donors (Lipinski definition) is 0. The van der Waals surface area contributed by atoms with Gasteiger partial charge in [0.15, 0.2) is 0 Å². The van der Waals surface area contributed by atoms with E-state index in [1.165, 1.54) is 38.5 Å². The number of rotatable bonds is 4. The van der Waals surface area contributed by atoms with Crippen molar-refractivity contribution in [1.29, 1.82) is 0 Å². The molecule has 0 radical (unpaired) electrons. The van der Waals surface area contributed by atoms with Gasteiger partial charge in [0.25, 0.3) is 0 Å². The van der Waals surface area contributed by atoms with Gasteiger partial charge in [0.1, 0.15) is 5.78 Å². The Morgan fingerprint density at radius 2 is 2.00 bits per heavy atom. The molecule has 2 aliphatic carbocycles. The molecule has 0 N–H and O–H groups in total. The maximum absolute atomic E-state index is 12.2. The predicted molar refractivity (Wildman–Crippen MR) is 85.6 cm³/mol. The molecule has 0 amide bonds. The molecule has 0 aromatic rings. The lowest BCUT2D eigenvalue weighted by Gasteiger charge is -2.42. The van der Waals surface area contributed by atoms with Crippen LogP contribution in [0.15, 0.2) is 0 Å². The lowest BCUT2D eigenvalue weighted by atomic mass is 9.62. The van der Waals surface area contributed by atoms with E-state index in [2.05, 4.69) is 34.6 Å². The van der Waals surface area contributed by atoms with Crippen LogP contribution in [-0.4, -0.2) is 5.78 Å². The summed E-state index contributed by atoms with van der Waals surface area (Å²) in [6.45, 7) is 11.9. The van der Waals surface area contributed by atoms with Gasteiger partial charge in [0.2, 0.25) is 0 Å². The summed E-state index contributed by atoms with van der Waals surface area (Å²) in [6, 6.07) is 0. The third-order valence-electron chi connectivity index (χ3n) is 6.21. The molecular formula is C19H34O. The van der Waals surface area contributed by atoms with Crippen molar-refractivity contribution in [3.63, 3.8) is 0 Å². The molecule has 2 saturated carbocycles. The van der Waals surface area contributed by atoms with Crippen molar-refractivity contribution >= 4 is 5.78 Å². The lowest BCUT2D eigenvalue weighted by Crippen LogP contribution is -2.39. The normalized spacial score (nSPS) is 36.0. The Bertz CT molecular complexity index is 351. The second-order valence-corrected chi connectivity index (χ2v) is 8.99. The summed E-state index contributed by atoms with van der Waals surface area (Å²) in [5.74, 6) is 2.55. The first-order valence-electron chi connectivity index (χ1n) is 8.77. The van der Waals surface area contributed by atoms with Crippen molar-refractivity contribution in [2.24, 2.45) is 28.6 Å². The van der Waals surface area contributed by atoms with E-state index < -0.39 is 0 Å². The molecule has 2 aliphatic rings. The minimum absolute atomic E-state index is 0.330. The summed E-state index contributed by atoms with van der Waals surface area (Å²) in [6.07, 6.45) is 9.75. The number of fused-ring (bicyclic) bond motifs is 1. The molecule has 0 aromatic carbocycles. The van der Waals surface area contributed by atoms with Gasteiger partial charge < -0.3 is 0 Å². The van der Waals surface area contributed by atoms with E-state index >= 15 is 0 Å². The molecule has 0 saturated heterocycles. The highest BCUT2D eigenvalue weighted by Crippen LogP contribution is 2.57. The Morgan fingerprint density at radius 3 is 2.65 bits per heavy atom. The van der Waals surface area contributed by atoms with Crippen LogP contribution in [0.25, 0.3) is 0 Å². The fourth-order valence-electron chi connectivity index (χ4n) is 5.06. The van der Waals surface area contributed by atoms with E-state index in [0.29, 0.717) is 22.5 Å². The number of carbonyl (C=O) groups excluding carboxylic acids is 1. The van der Waals surface area contributed by atoms with Gasteiger partial charge in [-0.15, -0.1) is 0 Å². The molecular weight excluding hydrogens is 244 g/mol. The average molecular weight is 278 g/mol. The molecule has 2 fully saturated rings. The molecule has 1 heteroatoms. The van der Waals surface area contributed by atoms with Gasteiger partial charge in [-0.2, -0.15) is 0 Å².